The maximum atomic E-state index is 12.4. The third kappa shape index (κ3) is 1.94. The fourth-order valence-electron chi connectivity index (χ4n) is 4.21. The molecule has 2 bridgehead atoms. The summed E-state index contributed by atoms with van der Waals surface area (Å²) in [5, 5.41) is 0. The number of anilines is 1. The van der Waals surface area contributed by atoms with Gasteiger partial charge in [-0.15, -0.1) is 0 Å². The summed E-state index contributed by atoms with van der Waals surface area (Å²) in [4.78, 5) is 16.5. The highest BCUT2D eigenvalue weighted by atomic mass is 16.6. The van der Waals surface area contributed by atoms with Gasteiger partial charge < -0.3 is 13.6 Å². The lowest BCUT2D eigenvalue weighted by Crippen LogP contribution is -2.61. The van der Waals surface area contributed by atoms with Crippen molar-refractivity contribution < 1.29 is 18.4 Å². The minimum absolute atomic E-state index is 0.299. The normalized spacial score (nSPS) is 32.7. The number of rotatable bonds is 2. The van der Waals surface area contributed by atoms with Crippen LogP contribution in [0.3, 0.4) is 0 Å². The van der Waals surface area contributed by atoms with Gasteiger partial charge in [0.25, 0.3) is 0 Å². The van der Waals surface area contributed by atoms with Crippen LogP contribution >= 0.6 is 0 Å². The van der Waals surface area contributed by atoms with E-state index in [0.717, 1.165) is 38.0 Å². The van der Waals surface area contributed by atoms with Gasteiger partial charge in [-0.25, -0.2) is 9.69 Å². The first kappa shape index (κ1) is 13.2. The second-order valence-corrected chi connectivity index (χ2v) is 6.72. The van der Waals surface area contributed by atoms with Crippen LogP contribution < -0.4 is 4.90 Å². The van der Waals surface area contributed by atoms with Crippen molar-refractivity contribution in [1.29, 1.82) is 0 Å². The van der Waals surface area contributed by atoms with Gasteiger partial charge in [-0.2, -0.15) is 0 Å². The zero-order valence-corrected chi connectivity index (χ0v) is 12.7. The Morgan fingerprint density at radius 3 is 2.70 bits per heavy atom. The van der Waals surface area contributed by atoms with E-state index in [0.29, 0.717) is 24.1 Å². The summed E-state index contributed by atoms with van der Waals surface area (Å²) in [6, 6.07) is 5.51. The smallest absolute Gasteiger partial charge is 0.417 e. The van der Waals surface area contributed by atoms with Crippen LogP contribution in [0, 0.1) is 5.92 Å². The molecule has 1 spiro atoms. The summed E-state index contributed by atoms with van der Waals surface area (Å²) in [6.45, 7) is 3.66. The molecule has 4 aliphatic rings. The third-order valence-corrected chi connectivity index (χ3v) is 5.42. The zero-order valence-electron chi connectivity index (χ0n) is 12.7. The van der Waals surface area contributed by atoms with Crippen molar-refractivity contribution in [3.05, 3.63) is 30.7 Å². The molecule has 1 atom stereocenters. The number of amides is 1. The molecule has 0 aliphatic carbocycles. The number of fused-ring (bicyclic) bond motifs is 2. The maximum Gasteiger partial charge on any atom is 0.417 e. The largest absolute Gasteiger partial charge is 0.472 e. The number of hydrogen-bond acceptors (Lipinski definition) is 5. The first-order valence-electron chi connectivity index (χ1n) is 8.09. The zero-order chi connectivity index (χ0) is 15.4. The van der Waals surface area contributed by atoms with E-state index < -0.39 is 0 Å². The first-order valence-corrected chi connectivity index (χ1v) is 8.09. The summed E-state index contributed by atoms with van der Waals surface area (Å²) >= 11 is 0. The van der Waals surface area contributed by atoms with Gasteiger partial charge >= 0.3 is 6.09 Å². The topological polar surface area (TPSA) is 59.1 Å². The summed E-state index contributed by atoms with van der Waals surface area (Å²) in [6.07, 6.45) is 5.15. The van der Waals surface area contributed by atoms with Gasteiger partial charge in [0, 0.05) is 18.5 Å². The Morgan fingerprint density at radius 2 is 2.00 bits per heavy atom. The van der Waals surface area contributed by atoms with Crippen LogP contribution in [0.25, 0.3) is 11.3 Å². The monoisotopic (exact) mass is 314 g/mol. The molecule has 0 saturated carbocycles. The van der Waals surface area contributed by atoms with E-state index in [-0.39, 0.29) is 11.7 Å². The minimum atomic E-state index is -0.365. The van der Waals surface area contributed by atoms with Gasteiger partial charge in [-0.3, -0.25) is 4.90 Å². The number of carbonyl (C=O) groups is 1. The Balaban J connectivity index is 1.43. The van der Waals surface area contributed by atoms with Gasteiger partial charge in [0.05, 0.1) is 18.4 Å². The van der Waals surface area contributed by atoms with Crippen LogP contribution in [0.5, 0.6) is 0 Å². The van der Waals surface area contributed by atoms with E-state index in [1.807, 2.05) is 18.2 Å². The van der Waals surface area contributed by atoms with Crippen LogP contribution in [-0.4, -0.2) is 42.8 Å². The fraction of sp³-hybridized carbons (Fsp3) is 0.471. The number of furan rings is 2. The van der Waals surface area contributed by atoms with E-state index >= 15 is 0 Å². The molecule has 6 nitrogen and oxygen atoms in total. The Labute approximate surface area is 133 Å². The number of carbonyl (C=O) groups excluding carboxylic acids is 1. The first-order chi connectivity index (χ1) is 11.2. The highest BCUT2D eigenvalue weighted by Crippen LogP contribution is 2.43. The second-order valence-electron chi connectivity index (χ2n) is 6.72. The predicted molar refractivity (Wildman–Crippen MR) is 82.1 cm³/mol. The SMILES string of the molecule is O=C1O[C@@]2(CN3CCC2CC3)CN1c1ccc(-c2ccoc2)o1. The summed E-state index contributed by atoms with van der Waals surface area (Å²) in [7, 11) is 0. The molecule has 6 rings (SSSR count). The van der Waals surface area contributed by atoms with Gasteiger partial charge in [0.15, 0.2) is 0 Å². The highest BCUT2D eigenvalue weighted by molar-refractivity contribution is 5.89. The van der Waals surface area contributed by atoms with E-state index in [1.165, 1.54) is 0 Å². The lowest BCUT2D eigenvalue weighted by molar-refractivity contribution is -0.0881. The minimum Gasteiger partial charge on any atom is -0.472 e. The van der Waals surface area contributed by atoms with E-state index in [4.69, 9.17) is 13.6 Å². The van der Waals surface area contributed by atoms with Crippen molar-refractivity contribution in [3.63, 3.8) is 0 Å². The summed E-state index contributed by atoms with van der Waals surface area (Å²) in [5.41, 5.74) is 0.497. The number of nitrogens with zero attached hydrogens (tertiary/aromatic N) is 2. The van der Waals surface area contributed by atoms with Crippen molar-refractivity contribution in [2.45, 2.75) is 18.4 Å². The Hall–Kier alpha value is -2.21. The molecule has 6 heterocycles. The molecule has 0 N–H and O–H groups in total. The van der Waals surface area contributed by atoms with Crippen molar-refractivity contribution in [2.24, 2.45) is 5.92 Å². The molecule has 120 valence electrons. The van der Waals surface area contributed by atoms with Crippen LogP contribution in [0.15, 0.2) is 39.6 Å². The summed E-state index contributed by atoms with van der Waals surface area (Å²) in [5.74, 6) is 1.70. The Morgan fingerprint density at radius 1 is 1.13 bits per heavy atom. The van der Waals surface area contributed by atoms with Crippen LogP contribution in [0.1, 0.15) is 12.8 Å². The Bertz CT molecular complexity index is 730. The molecule has 1 amide bonds. The van der Waals surface area contributed by atoms with Crippen molar-refractivity contribution in [1.82, 2.24) is 4.90 Å². The highest BCUT2D eigenvalue weighted by Gasteiger charge is 2.56. The number of hydrogen-bond donors (Lipinski definition) is 0. The average Bonchev–Trinajstić information content (AvgIpc) is 3.28. The van der Waals surface area contributed by atoms with Crippen LogP contribution in [-0.2, 0) is 4.74 Å². The molecule has 23 heavy (non-hydrogen) atoms. The van der Waals surface area contributed by atoms with Crippen molar-refractivity contribution in [2.75, 3.05) is 31.1 Å². The molecule has 0 aromatic carbocycles. The van der Waals surface area contributed by atoms with Gasteiger partial charge in [-0.1, -0.05) is 0 Å². The number of ether oxygens (including phenoxy) is 1. The van der Waals surface area contributed by atoms with E-state index in [1.54, 1.807) is 17.4 Å². The molecule has 2 aromatic heterocycles. The standard InChI is InChI=1S/C17H18N2O4/c20-16-19(15-2-1-14(22-15)12-5-8-21-9-12)11-17(23-16)10-18-6-3-13(17)4-7-18/h1-2,5,8-9,13H,3-4,6-7,10-11H2/t17-/m0/s1. The number of piperidine rings is 3. The quantitative estimate of drug-likeness (QED) is 0.853. The van der Waals surface area contributed by atoms with Crippen molar-refractivity contribution >= 4 is 12.0 Å². The van der Waals surface area contributed by atoms with Crippen LogP contribution in [0.2, 0.25) is 0 Å². The third-order valence-electron chi connectivity index (χ3n) is 5.42. The fourth-order valence-corrected chi connectivity index (χ4v) is 4.21. The molecule has 4 fully saturated rings. The Kier molecular flexibility index (Phi) is 2.68. The van der Waals surface area contributed by atoms with E-state index in [2.05, 4.69) is 4.90 Å². The van der Waals surface area contributed by atoms with Gasteiger partial charge in [0.2, 0.25) is 5.88 Å². The van der Waals surface area contributed by atoms with Gasteiger partial charge in [0.1, 0.15) is 17.6 Å². The molecule has 0 radical (unpaired) electrons. The molecule has 6 heteroatoms. The maximum absolute atomic E-state index is 12.4. The molecule has 0 unspecified atom stereocenters. The van der Waals surface area contributed by atoms with Crippen molar-refractivity contribution in [3.8, 4) is 11.3 Å². The lowest BCUT2D eigenvalue weighted by Gasteiger charge is -2.49. The molecular formula is C17H18N2O4. The van der Waals surface area contributed by atoms with E-state index in [9.17, 15) is 4.79 Å². The summed E-state index contributed by atoms with van der Waals surface area (Å²) < 4.78 is 16.8. The average molecular weight is 314 g/mol. The van der Waals surface area contributed by atoms with Gasteiger partial charge in [-0.05, 0) is 38.1 Å². The predicted octanol–water partition coefficient (Wildman–Crippen LogP) is 2.96. The van der Waals surface area contributed by atoms with Crippen LogP contribution in [0.4, 0.5) is 10.7 Å². The molecule has 2 aromatic rings. The molecule has 4 saturated heterocycles. The second kappa shape index (κ2) is 4.64. The molecule has 4 aliphatic heterocycles. The molecular weight excluding hydrogens is 296 g/mol. The lowest BCUT2D eigenvalue weighted by atomic mass is 9.75.